The van der Waals surface area contributed by atoms with Gasteiger partial charge in [0.25, 0.3) is 0 Å². The average Bonchev–Trinajstić information content (AvgIpc) is 3.86. The van der Waals surface area contributed by atoms with Crippen LogP contribution in [-0.2, 0) is 0 Å². The highest BCUT2D eigenvalue weighted by atomic mass is 16.3. The predicted molar refractivity (Wildman–Crippen MR) is 190 cm³/mol. The minimum atomic E-state index is 0.813. The van der Waals surface area contributed by atoms with E-state index in [-0.39, 0.29) is 0 Å². The van der Waals surface area contributed by atoms with Gasteiger partial charge in [0.1, 0.15) is 11.2 Å². The van der Waals surface area contributed by atoms with Crippen LogP contribution in [0.3, 0.4) is 0 Å². The SMILES string of the molecule is c1cc(-n2c3ccccc3c3ccccc32)c2oc3c(ccc4oc5c(-n6c7ccccc7c7ccccc76)cccc5c43)c2c1. The summed E-state index contributed by atoms with van der Waals surface area (Å²) in [5, 5.41) is 9.11. The number of rotatable bonds is 2. The van der Waals surface area contributed by atoms with Crippen LogP contribution in [0.4, 0.5) is 0 Å². The first-order valence-corrected chi connectivity index (χ1v) is 15.6. The molecular formula is C42H24N2O2. The first-order valence-electron chi connectivity index (χ1n) is 15.6. The van der Waals surface area contributed by atoms with Crippen molar-refractivity contribution in [3.05, 3.63) is 146 Å². The van der Waals surface area contributed by atoms with Crippen LogP contribution in [0.15, 0.2) is 154 Å². The van der Waals surface area contributed by atoms with Gasteiger partial charge in [-0.1, -0.05) is 97.1 Å². The van der Waals surface area contributed by atoms with Gasteiger partial charge in [0.2, 0.25) is 0 Å². The Bertz CT molecular complexity index is 2930. The second-order valence-corrected chi connectivity index (χ2v) is 12.1. The lowest BCUT2D eigenvalue weighted by Gasteiger charge is -2.08. The summed E-state index contributed by atoms with van der Waals surface area (Å²) in [7, 11) is 0. The van der Waals surface area contributed by atoms with Gasteiger partial charge in [-0.2, -0.15) is 0 Å². The number of fused-ring (bicyclic) bond motifs is 13. The molecule has 0 spiro atoms. The van der Waals surface area contributed by atoms with E-state index in [4.69, 9.17) is 8.83 Å². The Kier molecular flexibility index (Phi) is 4.55. The normalized spacial score (nSPS) is 12.3. The Labute approximate surface area is 261 Å². The monoisotopic (exact) mass is 588 g/mol. The van der Waals surface area contributed by atoms with Gasteiger partial charge in [-0.15, -0.1) is 0 Å². The highest BCUT2D eigenvalue weighted by molar-refractivity contribution is 6.24. The van der Waals surface area contributed by atoms with Crippen LogP contribution in [0.5, 0.6) is 0 Å². The molecule has 11 rings (SSSR count). The largest absolute Gasteiger partial charge is 0.454 e. The number of para-hydroxylation sites is 6. The standard InChI is InChI=1S/C42H24N2O2/c1-5-17-32-25(11-1)26-12-2-6-18-33(26)43(32)36-21-9-15-29-30-23-24-38-39(42(30)46-40(29)36)31-16-10-22-37(41(31)45-38)44-34-19-7-3-13-27(34)28-14-4-8-20-35(28)44/h1-24H. The van der Waals surface area contributed by atoms with Gasteiger partial charge in [0, 0.05) is 37.7 Å². The molecule has 7 aromatic carbocycles. The van der Waals surface area contributed by atoms with Gasteiger partial charge in [0.05, 0.1) is 38.8 Å². The Morgan fingerprint density at radius 2 is 0.717 bits per heavy atom. The van der Waals surface area contributed by atoms with E-state index in [0.717, 1.165) is 77.3 Å². The molecule has 46 heavy (non-hydrogen) atoms. The van der Waals surface area contributed by atoms with Crippen molar-refractivity contribution in [3.63, 3.8) is 0 Å². The lowest BCUT2D eigenvalue weighted by atomic mass is 10.1. The predicted octanol–water partition coefficient (Wildman–Crippen LogP) is 11.7. The lowest BCUT2D eigenvalue weighted by molar-refractivity contribution is 0.660. The van der Waals surface area contributed by atoms with Gasteiger partial charge in [0.15, 0.2) is 11.2 Å². The molecule has 4 aromatic heterocycles. The van der Waals surface area contributed by atoms with Crippen molar-refractivity contribution in [1.29, 1.82) is 0 Å². The average molecular weight is 589 g/mol. The summed E-state index contributed by atoms with van der Waals surface area (Å²) < 4.78 is 18.4. The van der Waals surface area contributed by atoms with Crippen molar-refractivity contribution in [3.8, 4) is 11.4 Å². The third-order valence-corrected chi connectivity index (χ3v) is 9.73. The van der Waals surface area contributed by atoms with E-state index in [2.05, 4.69) is 155 Å². The molecule has 0 saturated carbocycles. The zero-order valence-electron chi connectivity index (χ0n) is 24.6. The summed E-state index contributed by atoms with van der Waals surface area (Å²) in [6.07, 6.45) is 0. The van der Waals surface area contributed by atoms with Crippen molar-refractivity contribution in [2.24, 2.45) is 0 Å². The van der Waals surface area contributed by atoms with Crippen molar-refractivity contribution in [2.45, 2.75) is 0 Å². The van der Waals surface area contributed by atoms with E-state index < -0.39 is 0 Å². The molecule has 4 heterocycles. The van der Waals surface area contributed by atoms with Gasteiger partial charge < -0.3 is 18.0 Å². The van der Waals surface area contributed by atoms with E-state index in [0.29, 0.717) is 0 Å². The Balaban J connectivity index is 1.23. The molecule has 4 nitrogen and oxygen atoms in total. The summed E-state index contributed by atoms with van der Waals surface area (Å²) in [6.45, 7) is 0. The van der Waals surface area contributed by atoms with E-state index in [1.165, 1.54) is 21.5 Å². The molecule has 0 atom stereocenters. The van der Waals surface area contributed by atoms with Crippen molar-refractivity contribution >= 4 is 87.5 Å². The lowest BCUT2D eigenvalue weighted by Crippen LogP contribution is -1.94. The number of nitrogens with zero attached hydrogens (tertiary/aromatic N) is 2. The smallest absolute Gasteiger partial charge is 0.159 e. The van der Waals surface area contributed by atoms with Gasteiger partial charge >= 0.3 is 0 Å². The maximum atomic E-state index is 6.97. The molecule has 0 fully saturated rings. The Hall–Kier alpha value is -6.26. The molecule has 0 unspecified atom stereocenters. The van der Waals surface area contributed by atoms with Crippen molar-refractivity contribution in [1.82, 2.24) is 9.13 Å². The fourth-order valence-electron chi connectivity index (χ4n) is 7.82. The summed E-state index contributed by atoms with van der Waals surface area (Å²) in [4.78, 5) is 0. The maximum Gasteiger partial charge on any atom is 0.159 e. The number of aromatic nitrogens is 2. The molecule has 0 saturated heterocycles. The molecule has 0 aliphatic rings. The van der Waals surface area contributed by atoms with Crippen molar-refractivity contribution in [2.75, 3.05) is 0 Å². The van der Waals surface area contributed by atoms with Crippen LogP contribution in [0, 0.1) is 0 Å². The Morgan fingerprint density at radius 3 is 1.24 bits per heavy atom. The number of furan rings is 2. The second kappa shape index (κ2) is 8.68. The maximum absolute atomic E-state index is 6.97. The molecule has 0 aliphatic carbocycles. The van der Waals surface area contributed by atoms with Crippen LogP contribution in [0.1, 0.15) is 0 Å². The summed E-state index contributed by atoms with van der Waals surface area (Å²) in [5.41, 5.74) is 10.0. The number of benzene rings is 7. The third-order valence-electron chi connectivity index (χ3n) is 9.73. The zero-order chi connectivity index (χ0) is 29.9. The number of hydrogen-bond donors (Lipinski definition) is 0. The van der Waals surface area contributed by atoms with E-state index in [1.807, 2.05) is 0 Å². The quantitative estimate of drug-likeness (QED) is 0.201. The van der Waals surface area contributed by atoms with E-state index in [1.54, 1.807) is 0 Å². The molecule has 4 heteroatoms. The molecule has 0 N–H and O–H groups in total. The molecule has 0 amide bonds. The van der Waals surface area contributed by atoms with Crippen LogP contribution in [-0.4, -0.2) is 9.13 Å². The topological polar surface area (TPSA) is 36.1 Å². The summed E-state index contributed by atoms with van der Waals surface area (Å²) >= 11 is 0. The molecular weight excluding hydrogens is 564 g/mol. The molecule has 11 aromatic rings. The van der Waals surface area contributed by atoms with Crippen molar-refractivity contribution < 1.29 is 8.83 Å². The van der Waals surface area contributed by atoms with Gasteiger partial charge in [-0.25, -0.2) is 0 Å². The Morgan fingerprint density at radius 1 is 0.304 bits per heavy atom. The highest BCUT2D eigenvalue weighted by Gasteiger charge is 2.22. The molecule has 214 valence electrons. The fourth-order valence-corrected chi connectivity index (χ4v) is 7.82. The molecule has 0 aliphatic heterocycles. The van der Waals surface area contributed by atoms with Crippen LogP contribution in [0.25, 0.3) is 98.9 Å². The summed E-state index contributed by atoms with van der Waals surface area (Å²) in [5.74, 6) is 0. The zero-order valence-corrected chi connectivity index (χ0v) is 24.6. The molecule has 0 bridgehead atoms. The number of hydrogen-bond acceptors (Lipinski definition) is 2. The minimum Gasteiger partial charge on any atom is -0.454 e. The second-order valence-electron chi connectivity index (χ2n) is 12.1. The van der Waals surface area contributed by atoms with Gasteiger partial charge in [-0.05, 0) is 48.5 Å². The third kappa shape index (κ3) is 2.98. The van der Waals surface area contributed by atoms with Crippen LogP contribution >= 0.6 is 0 Å². The van der Waals surface area contributed by atoms with Gasteiger partial charge in [-0.3, -0.25) is 0 Å². The highest BCUT2D eigenvalue weighted by Crippen LogP contribution is 2.44. The minimum absolute atomic E-state index is 0.813. The summed E-state index contributed by atoms with van der Waals surface area (Å²) in [6, 6.07) is 51.5. The molecule has 0 radical (unpaired) electrons. The van der Waals surface area contributed by atoms with E-state index in [9.17, 15) is 0 Å². The fraction of sp³-hybridized carbons (Fsp3) is 0. The van der Waals surface area contributed by atoms with E-state index >= 15 is 0 Å². The first kappa shape index (κ1) is 24.1. The van der Waals surface area contributed by atoms with Crippen LogP contribution < -0.4 is 0 Å². The first-order chi connectivity index (χ1) is 22.8. The van der Waals surface area contributed by atoms with Crippen LogP contribution in [0.2, 0.25) is 0 Å².